The van der Waals surface area contributed by atoms with Crippen LogP contribution in [0.15, 0.2) is 24.4 Å². The van der Waals surface area contributed by atoms with Gasteiger partial charge < -0.3 is 9.80 Å². The normalized spacial score (nSPS) is 15.0. The number of hydrogen-bond donors (Lipinski definition) is 0. The van der Waals surface area contributed by atoms with Crippen LogP contribution in [0.2, 0.25) is 0 Å². The predicted octanol–water partition coefficient (Wildman–Crippen LogP) is 1.74. The summed E-state index contributed by atoms with van der Waals surface area (Å²) in [5.41, 5.74) is 1.97. The maximum atomic E-state index is 12.5. The zero-order chi connectivity index (χ0) is 18.0. The number of amides is 1. The van der Waals surface area contributed by atoms with Gasteiger partial charge in [0.05, 0.1) is 5.56 Å². The lowest BCUT2D eigenvalue weighted by molar-refractivity contribution is 0.0702. The highest BCUT2D eigenvalue weighted by Gasteiger charge is 2.28. The first-order valence-electron chi connectivity index (χ1n) is 8.39. The van der Waals surface area contributed by atoms with Crippen molar-refractivity contribution in [2.75, 3.05) is 25.0 Å². The van der Waals surface area contributed by atoms with Crippen molar-refractivity contribution in [3.05, 3.63) is 41.3 Å². The predicted molar refractivity (Wildman–Crippen MR) is 94.2 cm³/mol. The maximum absolute atomic E-state index is 12.5. The Kier molecular flexibility index (Phi) is 4.70. The van der Waals surface area contributed by atoms with Crippen molar-refractivity contribution in [3.8, 4) is 6.07 Å². The molecule has 0 unspecified atom stereocenters. The lowest BCUT2D eigenvalue weighted by Gasteiger charge is -2.37. The Morgan fingerprint density at radius 2 is 2.04 bits per heavy atom. The molecule has 0 bridgehead atoms. The number of carbonyl (C=O) groups excluding carboxylic acids is 1. The minimum absolute atomic E-state index is 0.0505. The second-order valence-electron chi connectivity index (χ2n) is 6.44. The van der Waals surface area contributed by atoms with E-state index in [1.54, 1.807) is 28.9 Å². The number of aryl methyl sites for hydroxylation is 2. The second kappa shape index (κ2) is 6.93. The van der Waals surface area contributed by atoms with Crippen LogP contribution in [0.25, 0.3) is 0 Å². The Hall–Kier alpha value is -2.88. The fourth-order valence-corrected chi connectivity index (χ4v) is 3.21. The number of aromatic nitrogens is 3. The summed E-state index contributed by atoms with van der Waals surface area (Å²) in [7, 11) is 3.64. The van der Waals surface area contributed by atoms with E-state index in [1.165, 1.54) is 0 Å². The van der Waals surface area contributed by atoms with Crippen LogP contribution in [-0.4, -0.2) is 51.8 Å². The lowest BCUT2D eigenvalue weighted by atomic mass is 10.0. The SMILES string of the molecule is Cc1ccc(C#N)c(N2CCC(N(C)C(=O)c3ccn(C)n3)CC2)n1. The van der Waals surface area contributed by atoms with Crippen LogP contribution in [-0.2, 0) is 7.05 Å². The first-order chi connectivity index (χ1) is 12.0. The van der Waals surface area contributed by atoms with Crippen molar-refractivity contribution in [1.82, 2.24) is 19.7 Å². The smallest absolute Gasteiger partial charge is 0.274 e. The molecular formula is C18H22N6O. The van der Waals surface area contributed by atoms with Gasteiger partial charge in [0.15, 0.2) is 0 Å². The fourth-order valence-electron chi connectivity index (χ4n) is 3.21. The van der Waals surface area contributed by atoms with E-state index in [-0.39, 0.29) is 11.9 Å². The van der Waals surface area contributed by atoms with Crippen molar-refractivity contribution >= 4 is 11.7 Å². The van der Waals surface area contributed by atoms with Crippen molar-refractivity contribution in [2.45, 2.75) is 25.8 Å². The van der Waals surface area contributed by atoms with Crippen molar-refractivity contribution < 1.29 is 4.79 Å². The van der Waals surface area contributed by atoms with E-state index < -0.39 is 0 Å². The molecule has 0 aromatic carbocycles. The van der Waals surface area contributed by atoms with Crippen LogP contribution >= 0.6 is 0 Å². The minimum atomic E-state index is -0.0505. The molecule has 1 aliphatic rings. The third-order valence-electron chi connectivity index (χ3n) is 4.70. The summed E-state index contributed by atoms with van der Waals surface area (Å²) in [5.74, 6) is 0.699. The number of anilines is 1. The summed E-state index contributed by atoms with van der Waals surface area (Å²) in [6.07, 6.45) is 3.46. The third kappa shape index (κ3) is 3.48. The van der Waals surface area contributed by atoms with Gasteiger partial charge in [-0.05, 0) is 38.0 Å². The van der Waals surface area contributed by atoms with Gasteiger partial charge in [-0.15, -0.1) is 0 Å². The average Bonchev–Trinajstić information content (AvgIpc) is 3.07. The van der Waals surface area contributed by atoms with Gasteiger partial charge in [-0.2, -0.15) is 10.4 Å². The van der Waals surface area contributed by atoms with Gasteiger partial charge in [0.1, 0.15) is 17.6 Å². The molecule has 2 aromatic heterocycles. The highest BCUT2D eigenvalue weighted by Crippen LogP contribution is 2.24. The van der Waals surface area contributed by atoms with Crippen LogP contribution in [0.5, 0.6) is 0 Å². The Morgan fingerprint density at radius 3 is 2.64 bits per heavy atom. The van der Waals surface area contributed by atoms with E-state index in [9.17, 15) is 10.1 Å². The van der Waals surface area contributed by atoms with Crippen molar-refractivity contribution in [1.29, 1.82) is 5.26 Å². The number of piperidine rings is 1. The molecule has 3 heterocycles. The molecule has 1 saturated heterocycles. The van der Waals surface area contributed by atoms with Gasteiger partial charge in [0.2, 0.25) is 0 Å². The number of nitriles is 1. The molecule has 25 heavy (non-hydrogen) atoms. The number of pyridine rings is 1. The maximum Gasteiger partial charge on any atom is 0.274 e. The number of carbonyl (C=O) groups is 1. The van der Waals surface area contributed by atoms with Crippen LogP contribution in [0, 0.1) is 18.3 Å². The van der Waals surface area contributed by atoms with Crippen LogP contribution < -0.4 is 4.90 Å². The van der Waals surface area contributed by atoms with Crippen LogP contribution in [0.3, 0.4) is 0 Å². The van der Waals surface area contributed by atoms with Gasteiger partial charge in [-0.25, -0.2) is 4.98 Å². The van der Waals surface area contributed by atoms with Crippen LogP contribution in [0.4, 0.5) is 5.82 Å². The number of rotatable bonds is 3. The van der Waals surface area contributed by atoms with Crippen molar-refractivity contribution in [3.63, 3.8) is 0 Å². The summed E-state index contributed by atoms with van der Waals surface area (Å²) in [4.78, 5) is 21.0. The Balaban J connectivity index is 1.67. The Labute approximate surface area is 147 Å². The molecule has 7 nitrogen and oxygen atoms in total. The fraction of sp³-hybridized carbons (Fsp3) is 0.444. The third-order valence-corrected chi connectivity index (χ3v) is 4.70. The largest absolute Gasteiger partial charge is 0.355 e. The van der Waals surface area contributed by atoms with E-state index in [0.717, 1.165) is 37.4 Å². The first-order valence-corrected chi connectivity index (χ1v) is 8.39. The van der Waals surface area contributed by atoms with Gasteiger partial charge in [0, 0.05) is 45.1 Å². The van der Waals surface area contributed by atoms with E-state index in [2.05, 4.69) is 21.1 Å². The number of nitrogens with zero attached hydrogens (tertiary/aromatic N) is 6. The molecule has 0 N–H and O–H groups in total. The molecule has 0 atom stereocenters. The van der Waals surface area contributed by atoms with E-state index in [4.69, 9.17) is 0 Å². The molecular weight excluding hydrogens is 316 g/mol. The molecule has 1 amide bonds. The summed E-state index contributed by atoms with van der Waals surface area (Å²) in [5, 5.41) is 13.5. The molecule has 2 aromatic rings. The first kappa shape index (κ1) is 17.0. The molecule has 1 aliphatic heterocycles. The summed E-state index contributed by atoms with van der Waals surface area (Å²) in [6.45, 7) is 3.47. The Bertz CT molecular complexity index is 813. The molecule has 0 radical (unpaired) electrons. The molecule has 0 spiro atoms. The monoisotopic (exact) mass is 338 g/mol. The summed E-state index contributed by atoms with van der Waals surface area (Å²) < 4.78 is 1.64. The molecule has 1 fully saturated rings. The van der Waals surface area contributed by atoms with Gasteiger partial charge >= 0.3 is 0 Å². The summed E-state index contributed by atoms with van der Waals surface area (Å²) >= 11 is 0. The Morgan fingerprint density at radius 1 is 1.32 bits per heavy atom. The van der Waals surface area contributed by atoms with Crippen molar-refractivity contribution in [2.24, 2.45) is 7.05 Å². The molecule has 7 heteroatoms. The lowest BCUT2D eigenvalue weighted by Crippen LogP contribution is -2.46. The quantitative estimate of drug-likeness (QED) is 0.852. The van der Waals surface area contributed by atoms with Crippen LogP contribution in [0.1, 0.15) is 34.6 Å². The zero-order valence-electron chi connectivity index (χ0n) is 14.8. The topological polar surface area (TPSA) is 78.0 Å². The molecule has 3 rings (SSSR count). The zero-order valence-corrected chi connectivity index (χ0v) is 14.8. The molecule has 0 saturated carbocycles. The van der Waals surface area contributed by atoms with Gasteiger partial charge in [-0.3, -0.25) is 9.48 Å². The second-order valence-corrected chi connectivity index (χ2v) is 6.44. The molecule has 0 aliphatic carbocycles. The number of hydrogen-bond acceptors (Lipinski definition) is 5. The minimum Gasteiger partial charge on any atom is -0.355 e. The standard InChI is InChI=1S/C18H22N6O/c1-13-4-5-14(12-19)17(20-13)24-10-6-15(7-11-24)23(3)18(25)16-8-9-22(2)21-16/h4-5,8-9,15H,6-7,10-11H2,1-3H3. The van der Waals surface area contributed by atoms with Gasteiger partial charge in [0.25, 0.3) is 5.91 Å². The summed E-state index contributed by atoms with van der Waals surface area (Å²) in [6, 6.07) is 7.80. The van der Waals surface area contributed by atoms with E-state index >= 15 is 0 Å². The van der Waals surface area contributed by atoms with Gasteiger partial charge in [-0.1, -0.05) is 0 Å². The average molecular weight is 338 g/mol. The van der Waals surface area contributed by atoms with E-state index in [1.807, 2.05) is 26.1 Å². The highest BCUT2D eigenvalue weighted by molar-refractivity contribution is 5.92. The molecule has 130 valence electrons. The highest BCUT2D eigenvalue weighted by atomic mass is 16.2. The van der Waals surface area contributed by atoms with E-state index in [0.29, 0.717) is 11.3 Å².